The molecule has 400 valence electrons. The van der Waals surface area contributed by atoms with Gasteiger partial charge in [-0.1, -0.05) is 141 Å². The topological polar surface area (TPSA) is 70.0 Å². The van der Waals surface area contributed by atoms with Crippen LogP contribution in [0.3, 0.4) is 0 Å². The first-order valence-corrected chi connectivity index (χ1v) is 29.8. The molecule has 0 N–H and O–H groups in total. The molecule has 6 heteroatoms. The van der Waals surface area contributed by atoms with E-state index in [1.165, 1.54) is 99.7 Å². The molecule has 0 atom stereocenters. The van der Waals surface area contributed by atoms with Gasteiger partial charge in [-0.05, 0) is 196 Å². The van der Waals surface area contributed by atoms with Gasteiger partial charge in [0.25, 0.3) is 0 Å². The van der Waals surface area contributed by atoms with Gasteiger partial charge in [-0.2, -0.15) is 0 Å². The first-order chi connectivity index (χ1) is 39.0. The van der Waals surface area contributed by atoms with Crippen LogP contribution in [0.15, 0.2) is 183 Å². The highest BCUT2D eigenvalue weighted by molar-refractivity contribution is 5.86. The van der Waals surface area contributed by atoms with Crippen molar-refractivity contribution < 1.29 is 9.47 Å². The fraction of sp³-hybridized carbons (Fsp3) is 0.324. The number of ether oxygens (including phenoxy) is 2. The van der Waals surface area contributed by atoms with Gasteiger partial charge in [-0.3, -0.25) is 19.9 Å². The van der Waals surface area contributed by atoms with E-state index in [0.717, 1.165) is 102 Å². The van der Waals surface area contributed by atoms with Crippen molar-refractivity contribution in [2.75, 3.05) is 0 Å². The molecule has 2 aliphatic heterocycles. The van der Waals surface area contributed by atoms with Crippen LogP contribution in [0.5, 0.6) is 11.5 Å². The molecule has 0 unspecified atom stereocenters. The molecule has 14 rings (SSSR count). The molecule has 9 aromatic rings. The Morgan fingerprint density at radius 1 is 0.425 bits per heavy atom. The van der Waals surface area contributed by atoms with E-state index >= 15 is 0 Å². The summed E-state index contributed by atoms with van der Waals surface area (Å²) >= 11 is 0. The van der Waals surface area contributed by atoms with Crippen LogP contribution in [0.1, 0.15) is 161 Å². The van der Waals surface area contributed by atoms with Crippen molar-refractivity contribution in [1.82, 2.24) is 19.9 Å². The molecule has 6 heterocycles. The Morgan fingerprint density at radius 3 is 1.62 bits per heavy atom. The SMILES string of the molecule is CC1(C)Oc2ccccc2-c2ncc(C3(Cc4cc(CC5(c6cnc7c(c6)C(C)(C)Oc6cccnc6-7)CCCC5)cc(-c5ccccc5-c5cnc(-c6ccccc6)cc5C5CCC(c6ccccc6)CC5)c4)CCCC3)cc21. The van der Waals surface area contributed by atoms with Crippen LogP contribution in [0, 0.1) is 0 Å². The van der Waals surface area contributed by atoms with E-state index in [1.807, 2.05) is 18.3 Å². The highest BCUT2D eigenvalue weighted by Gasteiger charge is 2.43. The lowest BCUT2D eigenvalue weighted by Crippen LogP contribution is -2.32. The minimum atomic E-state index is -0.551. The zero-order chi connectivity index (χ0) is 54.1. The second kappa shape index (κ2) is 20.1. The van der Waals surface area contributed by atoms with Crippen molar-refractivity contribution in [2.45, 2.75) is 151 Å². The molecule has 5 aliphatic rings. The number of para-hydroxylation sites is 1. The molecule has 0 spiro atoms. The predicted molar refractivity (Wildman–Crippen MR) is 323 cm³/mol. The average Bonchev–Trinajstić information content (AvgIpc) is 4.28. The molecule has 3 fully saturated rings. The van der Waals surface area contributed by atoms with E-state index in [9.17, 15) is 0 Å². The normalized spacial score (nSPS) is 19.9. The van der Waals surface area contributed by atoms with Crippen LogP contribution in [-0.2, 0) is 34.9 Å². The van der Waals surface area contributed by atoms with Gasteiger partial charge < -0.3 is 9.47 Å². The third kappa shape index (κ3) is 9.13. The largest absolute Gasteiger partial charge is 0.482 e. The fourth-order valence-corrected chi connectivity index (χ4v) is 15.3. The van der Waals surface area contributed by atoms with Gasteiger partial charge in [-0.15, -0.1) is 0 Å². The van der Waals surface area contributed by atoms with Gasteiger partial charge in [0, 0.05) is 63.4 Å². The Bertz CT molecular complexity index is 3620. The second-order valence-electron chi connectivity index (χ2n) is 25.2. The number of nitrogens with zero attached hydrogens (tertiary/aromatic N) is 4. The minimum absolute atomic E-state index is 0.0726. The molecule has 0 saturated heterocycles. The first kappa shape index (κ1) is 50.5. The maximum atomic E-state index is 6.75. The third-order valence-corrected chi connectivity index (χ3v) is 19.4. The Balaban J connectivity index is 0.898. The minimum Gasteiger partial charge on any atom is -0.482 e. The summed E-state index contributed by atoms with van der Waals surface area (Å²) in [5.41, 5.74) is 20.5. The van der Waals surface area contributed by atoms with Crippen molar-refractivity contribution >= 4 is 0 Å². The molecule has 5 aromatic carbocycles. The molecule has 3 aliphatic carbocycles. The van der Waals surface area contributed by atoms with Gasteiger partial charge >= 0.3 is 0 Å². The average molecular weight is 1050 g/mol. The Kier molecular flexibility index (Phi) is 12.7. The second-order valence-corrected chi connectivity index (χ2v) is 25.2. The number of hydrogen-bond acceptors (Lipinski definition) is 6. The smallest absolute Gasteiger partial charge is 0.148 e. The van der Waals surface area contributed by atoms with Crippen molar-refractivity contribution in [2.24, 2.45) is 0 Å². The molecule has 4 aromatic heterocycles. The Morgan fingerprint density at radius 2 is 0.963 bits per heavy atom. The lowest BCUT2D eigenvalue weighted by molar-refractivity contribution is 0.104. The van der Waals surface area contributed by atoms with Crippen molar-refractivity contribution in [3.05, 3.63) is 227 Å². The van der Waals surface area contributed by atoms with Gasteiger partial charge in [0.1, 0.15) is 28.4 Å². The number of rotatable bonds is 11. The zero-order valence-electron chi connectivity index (χ0n) is 47.0. The first-order valence-electron chi connectivity index (χ1n) is 29.8. The molecule has 3 saturated carbocycles. The van der Waals surface area contributed by atoms with Gasteiger partial charge in [0.05, 0.1) is 17.1 Å². The fourth-order valence-electron chi connectivity index (χ4n) is 15.3. The van der Waals surface area contributed by atoms with E-state index < -0.39 is 11.2 Å². The van der Waals surface area contributed by atoms with Crippen LogP contribution in [0.4, 0.5) is 0 Å². The molecular weight excluding hydrogens is 977 g/mol. The maximum absolute atomic E-state index is 6.75. The monoisotopic (exact) mass is 1050 g/mol. The zero-order valence-corrected chi connectivity index (χ0v) is 47.0. The summed E-state index contributed by atoms with van der Waals surface area (Å²) < 4.78 is 13.4. The van der Waals surface area contributed by atoms with Gasteiger partial charge in [0.2, 0.25) is 0 Å². The number of pyridine rings is 4. The van der Waals surface area contributed by atoms with E-state index in [1.54, 1.807) is 0 Å². The summed E-state index contributed by atoms with van der Waals surface area (Å²) in [7, 11) is 0. The van der Waals surface area contributed by atoms with Crippen LogP contribution < -0.4 is 9.47 Å². The standard InChI is InChI=1S/C74H72N4O2/c1-71(2)63-41-56(46-77-68(63)60-26-13-14-27-66(60)79-71)73(33-15-16-34-73)44-49-38-50(45-74(35-17-18-36-74)57-42-64-69(78-47-57)70-67(28-19-37-75-70)80-72(64,3)4)40-55(39-49)58-24-11-12-25-59(58)62-48-76-65(54-22-9-6-10-23-54)43-61(62)53-31-29-52(30-32-53)51-20-7-5-8-21-51/h5-14,19-28,37-43,46-48,52-53H,15-18,29-36,44-45H2,1-4H3. The highest BCUT2D eigenvalue weighted by Crippen LogP contribution is 2.52. The van der Waals surface area contributed by atoms with E-state index in [0.29, 0.717) is 11.8 Å². The summed E-state index contributed by atoms with van der Waals surface area (Å²) in [6.45, 7) is 8.76. The van der Waals surface area contributed by atoms with Crippen LogP contribution in [0.25, 0.3) is 56.2 Å². The Hall–Kier alpha value is -7.70. The maximum Gasteiger partial charge on any atom is 0.148 e. The number of aromatic nitrogens is 4. The molecule has 80 heavy (non-hydrogen) atoms. The van der Waals surface area contributed by atoms with E-state index in [2.05, 4.69) is 192 Å². The van der Waals surface area contributed by atoms with Crippen LogP contribution in [-0.4, -0.2) is 19.9 Å². The van der Waals surface area contributed by atoms with Gasteiger partial charge in [0.15, 0.2) is 0 Å². The van der Waals surface area contributed by atoms with Gasteiger partial charge in [-0.25, -0.2) is 0 Å². The van der Waals surface area contributed by atoms with Crippen molar-refractivity contribution in [1.29, 1.82) is 0 Å². The molecule has 0 bridgehead atoms. The summed E-state index contributed by atoms with van der Waals surface area (Å²) in [5, 5.41) is 0. The molecular formula is C74H72N4O2. The number of benzene rings is 5. The number of hydrogen-bond donors (Lipinski definition) is 0. The lowest BCUT2D eigenvalue weighted by Gasteiger charge is -2.37. The number of fused-ring (bicyclic) bond motifs is 6. The predicted octanol–water partition coefficient (Wildman–Crippen LogP) is 18.4. The highest BCUT2D eigenvalue weighted by atomic mass is 16.5. The summed E-state index contributed by atoms with van der Waals surface area (Å²) in [5.74, 6) is 2.71. The van der Waals surface area contributed by atoms with Crippen molar-refractivity contribution in [3.63, 3.8) is 0 Å². The third-order valence-electron chi connectivity index (χ3n) is 19.4. The quantitative estimate of drug-likeness (QED) is 0.129. The lowest BCUT2D eigenvalue weighted by atomic mass is 9.71. The summed E-state index contributed by atoms with van der Waals surface area (Å²) in [4.78, 5) is 20.8. The Labute approximate surface area is 473 Å². The molecule has 6 nitrogen and oxygen atoms in total. The van der Waals surface area contributed by atoms with Crippen LogP contribution >= 0.6 is 0 Å². The summed E-state index contributed by atoms with van der Waals surface area (Å²) in [6, 6.07) is 58.6. The van der Waals surface area contributed by atoms with E-state index in [4.69, 9.17) is 29.4 Å². The molecule has 0 radical (unpaired) electrons. The molecule has 0 amide bonds. The van der Waals surface area contributed by atoms with Crippen molar-refractivity contribution in [3.8, 4) is 67.7 Å². The van der Waals surface area contributed by atoms with Crippen LogP contribution in [0.2, 0.25) is 0 Å². The van der Waals surface area contributed by atoms with E-state index in [-0.39, 0.29) is 10.8 Å². The summed E-state index contributed by atoms with van der Waals surface area (Å²) in [6.07, 6.45) is 24.2.